The molecule has 1 atom stereocenters. The van der Waals surface area contributed by atoms with Gasteiger partial charge >= 0.3 is 5.97 Å². The highest BCUT2D eigenvalue weighted by Gasteiger charge is 2.23. The summed E-state index contributed by atoms with van der Waals surface area (Å²) in [6.45, 7) is 8.14. The number of aryl methyl sites for hydroxylation is 3. The third-order valence-electron chi connectivity index (χ3n) is 4.77. The number of aromatic nitrogens is 2. The van der Waals surface area contributed by atoms with Crippen LogP contribution in [-0.4, -0.2) is 15.7 Å². The lowest BCUT2D eigenvalue weighted by Crippen LogP contribution is -2.20. The minimum atomic E-state index is -0.293. The van der Waals surface area contributed by atoms with Crippen molar-refractivity contribution in [3.63, 3.8) is 0 Å². The molecule has 0 N–H and O–H groups in total. The first-order valence-electron chi connectivity index (χ1n) is 9.46. The number of ether oxygens (including phenoxy) is 1. The van der Waals surface area contributed by atoms with E-state index in [1.165, 1.54) is 5.56 Å². The van der Waals surface area contributed by atoms with Gasteiger partial charge in [-0.1, -0.05) is 61.9 Å². The van der Waals surface area contributed by atoms with Crippen molar-refractivity contribution in [1.29, 1.82) is 0 Å². The third kappa shape index (κ3) is 4.11. The molecule has 2 aromatic carbocycles. The van der Waals surface area contributed by atoms with Crippen LogP contribution in [0.2, 0.25) is 0 Å². The van der Waals surface area contributed by atoms with Crippen molar-refractivity contribution in [2.45, 2.75) is 46.5 Å². The zero-order valence-corrected chi connectivity index (χ0v) is 16.4. The smallest absolute Gasteiger partial charge is 0.320 e. The molecule has 3 aromatic rings. The molecule has 4 nitrogen and oxygen atoms in total. The molecule has 1 aromatic heterocycles. The van der Waals surface area contributed by atoms with Crippen LogP contribution in [-0.2, 0) is 11.2 Å². The van der Waals surface area contributed by atoms with Crippen molar-refractivity contribution in [1.82, 2.24) is 9.78 Å². The molecule has 0 aliphatic rings. The van der Waals surface area contributed by atoms with E-state index in [0.717, 1.165) is 28.9 Å². The second kappa shape index (κ2) is 8.21. The summed E-state index contributed by atoms with van der Waals surface area (Å²) in [5.41, 5.74) is 5.07. The largest absolute Gasteiger partial charge is 0.407 e. The maximum atomic E-state index is 12.9. The molecule has 0 radical (unpaired) electrons. The van der Waals surface area contributed by atoms with Gasteiger partial charge in [-0.05, 0) is 43.9 Å². The summed E-state index contributed by atoms with van der Waals surface area (Å²) < 4.78 is 7.58. The van der Waals surface area contributed by atoms with Crippen molar-refractivity contribution < 1.29 is 9.53 Å². The molecule has 0 fully saturated rings. The minimum absolute atomic E-state index is 0.253. The molecular formula is C23H26N2O2. The fraction of sp³-hybridized carbons (Fsp3) is 0.304. The quantitative estimate of drug-likeness (QED) is 0.570. The van der Waals surface area contributed by atoms with Crippen LogP contribution in [0.4, 0.5) is 0 Å². The van der Waals surface area contributed by atoms with E-state index in [9.17, 15) is 4.79 Å². The van der Waals surface area contributed by atoms with Crippen LogP contribution in [0, 0.1) is 13.8 Å². The van der Waals surface area contributed by atoms with Crippen LogP contribution in [0.25, 0.3) is 5.69 Å². The van der Waals surface area contributed by atoms with Crippen molar-refractivity contribution in [3.8, 4) is 11.6 Å². The number of hydrogen-bond donors (Lipinski definition) is 0. The Morgan fingerprint density at radius 2 is 1.81 bits per heavy atom. The summed E-state index contributed by atoms with van der Waals surface area (Å²) in [7, 11) is 0. The topological polar surface area (TPSA) is 44.1 Å². The van der Waals surface area contributed by atoms with Crippen molar-refractivity contribution in [2.24, 2.45) is 0 Å². The molecule has 0 spiro atoms. The van der Waals surface area contributed by atoms with Gasteiger partial charge in [0, 0.05) is 6.07 Å². The Morgan fingerprint density at radius 3 is 2.44 bits per heavy atom. The van der Waals surface area contributed by atoms with Gasteiger partial charge in [0.05, 0.1) is 17.3 Å². The molecule has 0 aliphatic heterocycles. The summed E-state index contributed by atoms with van der Waals surface area (Å²) in [5.74, 6) is -0.0748. The predicted octanol–water partition coefficient (Wildman–Crippen LogP) is 5.15. The van der Waals surface area contributed by atoms with Gasteiger partial charge in [-0.15, -0.1) is 0 Å². The van der Waals surface area contributed by atoms with Gasteiger partial charge in [-0.2, -0.15) is 5.10 Å². The number of esters is 1. The third-order valence-corrected chi connectivity index (χ3v) is 4.77. The average molecular weight is 362 g/mol. The Kier molecular flexibility index (Phi) is 5.75. The fourth-order valence-corrected chi connectivity index (χ4v) is 3.27. The lowest BCUT2D eigenvalue weighted by atomic mass is 9.97. The van der Waals surface area contributed by atoms with E-state index in [-0.39, 0.29) is 11.9 Å². The maximum Gasteiger partial charge on any atom is 0.320 e. The highest BCUT2D eigenvalue weighted by atomic mass is 16.5. The Bertz CT molecular complexity index is 929. The van der Waals surface area contributed by atoms with Crippen molar-refractivity contribution in [3.05, 3.63) is 77.0 Å². The molecule has 0 amide bonds. The summed E-state index contributed by atoms with van der Waals surface area (Å²) in [6, 6.07) is 17.8. The summed E-state index contributed by atoms with van der Waals surface area (Å²) in [6.07, 6.45) is 1.46. The fourth-order valence-electron chi connectivity index (χ4n) is 3.27. The van der Waals surface area contributed by atoms with Crippen LogP contribution < -0.4 is 4.74 Å². The zero-order chi connectivity index (χ0) is 19.4. The van der Waals surface area contributed by atoms with Gasteiger partial charge in [0.15, 0.2) is 0 Å². The van der Waals surface area contributed by atoms with E-state index >= 15 is 0 Å². The number of benzene rings is 2. The maximum absolute atomic E-state index is 12.9. The zero-order valence-electron chi connectivity index (χ0n) is 16.4. The van der Waals surface area contributed by atoms with Crippen LogP contribution >= 0.6 is 0 Å². The molecule has 1 heterocycles. The van der Waals surface area contributed by atoms with E-state index in [4.69, 9.17) is 4.74 Å². The molecule has 27 heavy (non-hydrogen) atoms. The minimum Gasteiger partial charge on any atom is -0.407 e. The van der Waals surface area contributed by atoms with E-state index < -0.39 is 0 Å². The average Bonchev–Trinajstić information content (AvgIpc) is 3.06. The summed E-state index contributed by atoms with van der Waals surface area (Å²) in [4.78, 5) is 12.9. The van der Waals surface area contributed by atoms with E-state index in [1.54, 1.807) is 4.68 Å². The number of hydrogen-bond acceptors (Lipinski definition) is 3. The SMILES string of the molecule is CCc1cc(OC(=O)[C@@H](CC)c2ccccc2)n(-c2ccc(C)cc2C)n1. The number of nitrogens with zero attached hydrogens (tertiary/aromatic N) is 2. The Labute approximate surface area is 160 Å². The van der Waals surface area contributed by atoms with Crippen LogP contribution in [0.15, 0.2) is 54.6 Å². The molecule has 0 saturated carbocycles. The normalized spacial score (nSPS) is 12.0. The molecule has 0 unspecified atom stereocenters. The molecular weight excluding hydrogens is 336 g/mol. The molecule has 140 valence electrons. The van der Waals surface area contributed by atoms with Gasteiger partial charge in [0.25, 0.3) is 0 Å². The molecule has 0 bridgehead atoms. The van der Waals surface area contributed by atoms with E-state index in [1.807, 2.05) is 69.3 Å². The molecule has 4 heteroatoms. The van der Waals surface area contributed by atoms with Crippen molar-refractivity contribution in [2.75, 3.05) is 0 Å². The van der Waals surface area contributed by atoms with Crippen LogP contribution in [0.5, 0.6) is 5.88 Å². The molecule has 3 rings (SSSR count). The van der Waals surface area contributed by atoms with Crippen LogP contribution in [0.3, 0.4) is 0 Å². The monoisotopic (exact) mass is 362 g/mol. The highest BCUT2D eigenvalue weighted by Crippen LogP contribution is 2.27. The second-order valence-electron chi connectivity index (χ2n) is 6.82. The summed E-state index contributed by atoms with van der Waals surface area (Å²) >= 11 is 0. The lowest BCUT2D eigenvalue weighted by Gasteiger charge is -2.15. The molecule has 0 saturated heterocycles. The van der Waals surface area contributed by atoms with Gasteiger partial charge in [0.2, 0.25) is 5.88 Å². The first-order valence-corrected chi connectivity index (χ1v) is 9.46. The van der Waals surface area contributed by atoms with Gasteiger partial charge < -0.3 is 4.74 Å². The van der Waals surface area contributed by atoms with Gasteiger partial charge in [-0.25, -0.2) is 4.68 Å². The van der Waals surface area contributed by atoms with Gasteiger partial charge in [-0.3, -0.25) is 4.79 Å². The summed E-state index contributed by atoms with van der Waals surface area (Å²) in [5, 5.41) is 4.64. The Morgan fingerprint density at radius 1 is 1.07 bits per heavy atom. The number of carbonyl (C=O) groups is 1. The number of carbonyl (C=O) groups excluding carboxylic acids is 1. The second-order valence-corrected chi connectivity index (χ2v) is 6.82. The number of rotatable bonds is 6. The predicted molar refractivity (Wildman–Crippen MR) is 108 cm³/mol. The first-order chi connectivity index (χ1) is 13.0. The van der Waals surface area contributed by atoms with E-state index in [2.05, 4.69) is 18.1 Å². The standard InChI is InChI=1S/C23H26N2O2/c1-5-19-15-22(25(24-19)21-13-12-16(3)14-17(21)4)27-23(26)20(6-2)18-10-8-7-9-11-18/h7-15,20H,5-6H2,1-4H3/t20-/m0/s1. The first kappa shape index (κ1) is 18.9. The van der Waals surface area contributed by atoms with Crippen molar-refractivity contribution >= 4 is 5.97 Å². The van der Waals surface area contributed by atoms with E-state index in [0.29, 0.717) is 12.3 Å². The molecule has 0 aliphatic carbocycles. The highest BCUT2D eigenvalue weighted by molar-refractivity contribution is 5.80. The Balaban J connectivity index is 1.94. The lowest BCUT2D eigenvalue weighted by molar-refractivity contribution is -0.136. The van der Waals surface area contributed by atoms with Gasteiger partial charge in [0.1, 0.15) is 0 Å². The Hall–Kier alpha value is -2.88. The van der Waals surface area contributed by atoms with Crippen LogP contribution in [0.1, 0.15) is 48.6 Å².